The Bertz CT molecular complexity index is 973. The van der Waals surface area contributed by atoms with Crippen LogP contribution in [0.15, 0.2) is 53.4 Å². The van der Waals surface area contributed by atoms with Crippen LogP contribution in [0, 0.1) is 0 Å². The molecule has 0 spiro atoms. The fourth-order valence-electron chi connectivity index (χ4n) is 2.70. The van der Waals surface area contributed by atoms with Crippen molar-refractivity contribution in [3.8, 4) is 5.75 Å². The number of hydrogen-bond donors (Lipinski definition) is 1. The number of amides is 2. The maximum atomic E-state index is 12.6. The maximum absolute atomic E-state index is 12.6. The van der Waals surface area contributed by atoms with E-state index in [4.69, 9.17) is 21.4 Å². The highest BCUT2D eigenvalue weighted by atomic mass is 35.5. The first-order valence-electron chi connectivity index (χ1n) is 8.87. The molecule has 1 unspecified atom stereocenters. The highest BCUT2D eigenvalue weighted by Crippen LogP contribution is 2.34. The van der Waals surface area contributed by atoms with Gasteiger partial charge in [0.15, 0.2) is 6.10 Å². The average molecular weight is 432 g/mol. The third kappa shape index (κ3) is 4.99. The van der Waals surface area contributed by atoms with Gasteiger partial charge >= 0.3 is 5.97 Å². The Hall–Kier alpha value is -2.77. The van der Waals surface area contributed by atoms with Crippen LogP contribution in [0.2, 0.25) is 5.02 Å². The van der Waals surface area contributed by atoms with Crippen molar-refractivity contribution in [1.29, 1.82) is 0 Å². The van der Waals surface area contributed by atoms with Crippen LogP contribution in [-0.2, 0) is 16.1 Å². The molecule has 2 aromatic carbocycles. The molecule has 3 rings (SSSR count). The van der Waals surface area contributed by atoms with Gasteiger partial charge in [-0.3, -0.25) is 14.5 Å². The molecule has 0 bridgehead atoms. The molecule has 6 nitrogen and oxygen atoms in total. The number of benzene rings is 2. The Labute approximate surface area is 177 Å². The lowest BCUT2D eigenvalue weighted by atomic mass is 10.2. The van der Waals surface area contributed by atoms with Gasteiger partial charge in [0, 0.05) is 5.02 Å². The third-order valence-electron chi connectivity index (χ3n) is 4.26. The van der Waals surface area contributed by atoms with Crippen LogP contribution in [0.3, 0.4) is 0 Å². The first-order valence-corrected chi connectivity index (χ1v) is 10.1. The molecular weight excluding hydrogens is 414 g/mol. The molecule has 1 saturated heterocycles. The summed E-state index contributed by atoms with van der Waals surface area (Å²) in [5, 5.41) is 9.21. The summed E-state index contributed by atoms with van der Waals surface area (Å²) in [7, 11) is 0. The van der Waals surface area contributed by atoms with Gasteiger partial charge in [0.25, 0.3) is 11.1 Å². The van der Waals surface area contributed by atoms with Gasteiger partial charge in [-0.25, -0.2) is 4.79 Å². The lowest BCUT2D eigenvalue weighted by Crippen LogP contribution is -2.27. The molecule has 0 radical (unpaired) electrons. The zero-order valence-electron chi connectivity index (χ0n) is 15.5. The minimum atomic E-state index is -1.02. The highest BCUT2D eigenvalue weighted by Gasteiger charge is 2.35. The number of imide groups is 1. The van der Waals surface area contributed by atoms with E-state index in [0.29, 0.717) is 33.2 Å². The summed E-state index contributed by atoms with van der Waals surface area (Å²) >= 11 is 7.00. The van der Waals surface area contributed by atoms with Crippen LogP contribution in [0.4, 0.5) is 4.79 Å². The van der Waals surface area contributed by atoms with E-state index in [0.717, 1.165) is 16.7 Å². The Morgan fingerprint density at radius 1 is 1.21 bits per heavy atom. The van der Waals surface area contributed by atoms with Crippen molar-refractivity contribution in [2.24, 2.45) is 0 Å². The number of carbonyl (C=O) groups is 3. The van der Waals surface area contributed by atoms with Gasteiger partial charge in [0.05, 0.1) is 11.4 Å². The summed E-state index contributed by atoms with van der Waals surface area (Å²) in [5.41, 5.74) is 1.40. The van der Waals surface area contributed by atoms with E-state index in [9.17, 15) is 14.4 Å². The molecule has 2 amide bonds. The number of nitrogens with zero attached hydrogens (tertiary/aromatic N) is 1. The Kier molecular flexibility index (Phi) is 6.61. The molecular formula is C21H18ClNO5S. The van der Waals surface area contributed by atoms with Gasteiger partial charge in [-0.2, -0.15) is 0 Å². The quantitative estimate of drug-likeness (QED) is 0.633. The number of halogens is 1. The van der Waals surface area contributed by atoms with E-state index < -0.39 is 12.1 Å². The smallest absolute Gasteiger partial charge is 0.344 e. The molecule has 1 aliphatic heterocycles. The van der Waals surface area contributed by atoms with E-state index in [1.54, 1.807) is 61.5 Å². The molecule has 1 aliphatic rings. The minimum Gasteiger partial charge on any atom is -0.479 e. The number of carboxylic acids is 1. The molecule has 8 heteroatoms. The Morgan fingerprint density at radius 2 is 1.90 bits per heavy atom. The van der Waals surface area contributed by atoms with Crippen LogP contribution >= 0.6 is 23.4 Å². The number of ether oxygens (including phenoxy) is 1. The fraction of sp³-hybridized carbons (Fsp3) is 0.190. The summed E-state index contributed by atoms with van der Waals surface area (Å²) in [4.78, 5) is 37.5. The number of carbonyl (C=O) groups excluding carboxylic acids is 2. The van der Waals surface area contributed by atoms with Crippen molar-refractivity contribution in [3.05, 3.63) is 69.6 Å². The van der Waals surface area contributed by atoms with Crippen LogP contribution in [-0.4, -0.2) is 33.2 Å². The average Bonchev–Trinajstić information content (AvgIpc) is 2.96. The van der Waals surface area contributed by atoms with E-state index in [1.165, 1.54) is 0 Å². The predicted octanol–water partition coefficient (Wildman–Crippen LogP) is 4.82. The third-order valence-corrected chi connectivity index (χ3v) is 5.54. The molecule has 1 N–H and O–H groups in total. The number of aliphatic carboxylic acids is 1. The van der Waals surface area contributed by atoms with Crippen molar-refractivity contribution < 1.29 is 24.2 Å². The lowest BCUT2D eigenvalue weighted by Gasteiger charge is -2.13. The van der Waals surface area contributed by atoms with Crippen LogP contribution in [0.5, 0.6) is 5.75 Å². The first kappa shape index (κ1) is 21.0. The summed E-state index contributed by atoms with van der Waals surface area (Å²) in [6, 6.07) is 13.7. The monoisotopic (exact) mass is 431 g/mol. The van der Waals surface area contributed by atoms with Crippen LogP contribution in [0.25, 0.3) is 6.08 Å². The SMILES string of the molecule is CCC(Oc1ccc(/C=C2/SC(=O)N(Cc3ccccc3Cl)C2=O)cc1)C(=O)O. The van der Waals surface area contributed by atoms with Gasteiger partial charge < -0.3 is 9.84 Å². The van der Waals surface area contributed by atoms with Crippen molar-refractivity contribution in [2.45, 2.75) is 26.0 Å². The molecule has 1 atom stereocenters. The van der Waals surface area contributed by atoms with Gasteiger partial charge in [0.1, 0.15) is 5.75 Å². The van der Waals surface area contributed by atoms with E-state index in [-0.39, 0.29) is 17.7 Å². The Balaban J connectivity index is 1.72. The van der Waals surface area contributed by atoms with Gasteiger partial charge in [-0.1, -0.05) is 48.9 Å². The van der Waals surface area contributed by atoms with Gasteiger partial charge in [-0.15, -0.1) is 0 Å². The predicted molar refractivity (Wildman–Crippen MR) is 112 cm³/mol. The molecule has 0 aromatic heterocycles. The molecule has 0 aliphatic carbocycles. The van der Waals surface area contributed by atoms with E-state index in [2.05, 4.69) is 0 Å². The summed E-state index contributed by atoms with van der Waals surface area (Å²) in [6.07, 6.45) is 1.05. The van der Waals surface area contributed by atoms with Crippen molar-refractivity contribution in [1.82, 2.24) is 4.90 Å². The number of hydrogen-bond acceptors (Lipinski definition) is 5. The number of carboxylic acid groups (broad SMARTS) is 1. The van der Waals surface area contributed by atoms with Crippen LogP contribution < -0.4 is 4.74 Å². The molecule has 1 heterocycles. The fourth-order valence-corrected chi connectivity index (χ4v) is 3.73. The molecule has 29 heavy (non-hydrogen) atoms. The van der Waals surface area contributed by atoms with Gasteiger partial charge in [-0.05, 0) is 53.6 Å². The van der Waals surface area contributed by atoms with Crippen LogP contribution in [0.1, 0.15) is 24.5 Å². The second kappa shape index (κ2) is 9.15. The van der Waals surface area contributed by atoms with Gasteiger partial charge in [0.2, 0.25) is 0 Å². The minimum absolute atomic E-state index is 0.113. The van der Waals surface area contributed by atoms with Crippen molar-refractivity contribution >= 4 is 46.6 Å². The highest BCUT2D eigenvalue weighted by molar-refractivity contribution is 8.18. The second-order valence-electron chi connectivity index (χ2n) is 6.28. The normalized spacial score (nSPS) is 16.3. The first-order chi connectivity index (χ1) is 13.9. The lowest BCUT2D eigenvalue weighted by molar-refractivity contribution is -0.145. The molecule has 2 aromatic rings. The van der Waals surface area contributed by atoms with E-state index >= 15 is 0 Å². The summed E-state index contributed by atoms with van der Waals surface area (Å²) < 4.78 is 5.42. The summed E-state index contributed by atoms with van der Waals surface area (Å²) in [6.45, 7) is 1.84. The standard InChI is InChI=1S/C21H18ClNO5S/c1-2-17(20(25)26)28-15-9-7-13(8-10-15)11-18-19(24)23(21(27)29-18)12-14-5-3-4-6-16(14)22/h3-11,17H,2,12H2,1H3,(H,25,26)/b18-11+. The number of thioether (sulfide) groups is 1. The second-order valence-corrected chi connectivity index (χ2v) is 7.68. The molecule has 1 fully saturated rings. The van der Waals surface area contributed by atoms with Crippen molar-refractivity contribution in [2.75, 3.05) is 0 Å². The molecule has 150 valence electrons. The topological polar surface area (TPSA) is 83.9 Å². The zero-order chi connectivity index (χ0) is 21.0. The Morgan fingerprint density at radius 3 is 2.52 bits per heavy atom. The van der Waals surface area contributed by atoms with Crippen molar-refractivity contribution in [3.63, 3.8) is 0 Å². The maximum Gasteiger partial charge on any atom is 0.344 e. The number of rotatable bonds is 7. The largest absolute Gasteiger partial charge is 0.479 e. The zero-order valence-corrected chi connectivity index (χ0v) is 17.1. The summed E-state index contributed by atoms with van der Waals surface area (Å²) in [5.74, 6) is -0.982. The van der Waals surface area contributed by atoms with E-state index in [1.807, 2.05) is 0 Å². The molecule has 0 saturated carbocycles.